The molecule has 0 saturated carbocycles. The largest absolute Gasteiger partial charge is 0.490 e. The van der Waals surface area contributed by atoms with E-state index in [-0.39, 0.29) is 29.7 Å². The number of methoxy groups -OCH3 is 1. The maximum absolute atomic E-state index is 11.8. The molecule has 1 aromatic heterocycles. The van der Waals surface area contributed by atoms with Gasteiger partial charge in [-0.3, -0.25) is 19.6 Å². The van der Waals surface area contributed by atoms with Crippen molar-refractivity contribution in [2.45, 2.75) is 39.3 Å². The number of carbonyl (C=O) groups is 1. The fraction of sp³-hybridized carbons (Fsp3) is 0.438. The van der Waals surface area contributed by atoms with E-state index >= 15 is 0 Å². The molecule has 0 amide bonds. The number of esters is 1. The summed E-state index contributed by atoms with van der Waals surface area (Å²) < 4.78 is 11.9. The molecule has 9 nitrogen and oxygen atoms in total. The van der Waals surface area contributed by atoms with Crippen LogP contribution in [0.1, 0.15) is 27.2 Å². The van der Waals surface area contributed by atoms with Crippen molar-refractivity contribution in [3.05, 3.63) is 34.6 Å². The van der Waals surface area contributed by atoms with Gasteiger partial charge in [0.2, 0.25) is 5.75 Å². The molecule has 0 spiro atoms. The normalized spacial score (nSPS) is 11.2. The Balaban J connectivity index is 2.15. The highest BCUT2D eigenvalue weighted by molar-refractivity contribution is 5.71. The molecule has 0 bridgehead atoms. The minimum atomic E-state index is -0.541. The first-order valence-electron chi connectivity index (χ1n) is 7.64. The summed E-state index contributed by atoms with van der Waals surface area (Å²) in [5.41, 5.74) is -0.293. The van der Waals surface area contributed by atoms with Gasteiger partial charge in [-0.05, 0) is 26.8 Å². The lowest BCUT2D eigenvalue weighted by molar-refractivity contribution is -0.385. The molecule has 2 rings (SSSR count). The molecule has 25 heavy (non-hydrogen) atoms. The zero-order chi connectivity index (χ0) is 18.6. The molecular weight excluding hydrogens is 328 g/mol. The number of nitrogens with zero attached hydrogens (tertiary/aromatic N) is 4. The van der Waals surface area contributed by atoms with Crippen molar-refractivity contribution in [2.75, 3.05) is 7.11 Å². The molecule has 1 heterocycles. The maximum Gasteiger partial charge on any atom is 0.311 e. The first kappa shape index (κ1) is 18.4. The summed E-state index contributed by atoms with van der Waals surface area (Å²) in [7, 11) is 1.35. The first-order valence-corrected chi connectivity index (χ1v) is 7.64. The average molecular weight is 348 g/mol. The number of benzene rings is 1. The topological polar surface area (TPSA) is 109 Å². The van der Waals surface area contributed by atoms with Crippen LogP contribution in [0.2, 0.25) is 0 Å². The summed E-state index contributed by atoms with van der Waals surface area (Å²) in [5.74, 6) is 0.0413. The highest BCUT2D eigenvalue weighted by Crippen LogP contribution is 2.35. The van der Waals surface area contributed by atoms with Gasteiger partial charge in [-0.25, -0.2) is 4.98 Å². The Bertz CT molecular complexity index is 779. The van der Waals surface area contributed by atoms with E-state index in [0.29, 0.717) is 12.1 Å². The van der Waals surface area contributed by atoms with Crippen LogP contribution in [0.3, 0.4) is 0 Å². The van der Waals surface area contributed by atoms with Gasteiger partial charge in [0.25, 0.3) is 0 Å². The van der Waals surface area contributed by atoms with Gasteiger partial charge in [0.15, 0.2) is 5.82 Å². The van der Waals surface area contributed by atoms with Crippen molar-refractivity contribution in [2.24, 2.45) is 0 Å². The van der Waals surface area contributed by atoms with Crippen molar-refractivity contribution < 1.29 is 19.2 Å². The Hall–Kier alpha value is -2.97. The van der Waals surface area contributed by atoms with Crippen LogP contribution in [-0.2, 0) is 16.1 Å². The highest BCUT2D eigenvalue weighted by Gasteiger charge is 2.21. The lowest BCUT2D eigenvalue weighted by Gasteiger charge is -2.19. The summed E-state index contributed by atoms with van der Waals surface area (Å²) in [4.78, 5) is 26.5. The Morgan fingerprint density at radius 1 is 1.36 bits per heavy atom. The van der Waals surface area contributed by atoms with E-state index in [0.717, 1.165) is 0 Å². The molecular formula is C16H20N4O5. The third kappa shape index (κ3) is 4.75. The van der Waals surface area contributed by atoms with Gasteiger partial charge < -0.3 is 9.47 Å². The Morgan fingerprint density at radius 2 is 2.08 bits per heavy atom. The summed E-state index contributed by atoms with van der Waals surface area (Å²) >= 11 is 0. The van der Waals surface area contributed by atoms with E-state index in [2.05, 4.69) is 10.1 Å². The molecule has 1 aromatic carbocycles. The summed E-state index contributed by atoms with van der Waals surface area (Å²) in [5, 5.41) is 15.3. The molecule has 0 saturated heterocycles. The van der Waals surface area contributed by atoms with E-state index in [9.17, 15) is 14.9 Å². The number of aromatic nitrogens is 3. The number of para-hydroxylation sites is 1. The molecule has 0 radical (unpaired) electrons. The molecule has 0 N–H and O–H groups in total. The molecule has 0 fully saturated rings. The smallest absolute Gasteiger partial charge is 0.311 e. The van der Waals surface area contributed by atoms with E-state index in [1.165, 1.54) is 30.3 Å². The van der Waals surface area contributed by atoms with Gasteiger partial charge in [-0.1, -0.05) is 6.07 Å². The highest BCUT2D eigenvalue weighted by atomic mass is 16.6. The molecule has 0 atom stereocenters. The van der Waals surface area contributed by atoms with E-state index in [1.807, 2.05) is 0 Å². The molecule has 0 aliphatic heterocycles. The second-order valence-corrected chi connectivity index (χ2v) is 6.28. The standard InChI is InChI=1S/C16H20N4O5/c1-16(2,3)25-13(21)8-9-19-10-17-15(18-19)11-6-5-7-12(20(22)23)14(11)24-4/h5-7,10H,8-9H2,1-4H3. The molecule has 0 aliphatic carbocycles. The second-order valence-electron chi connectivity index (χ2n) is 6.28. The SMILES string of the molecule is COc1c(-c2ncn(CCC(=O)OC(C)(C)C)n2)cccc1[N+](=O)[O-]. The predicted molar refractivity (Wildman–Crippen MR) is 89.1 cm³/mol. The molecule has 9 heteroatoms. The van der Waals surface area contributed by atoms with E-state index in [1.54, 1.807) is 26.8 Å². The third-order valence-corrected chi connectivity index (χ3v) is 3.14. The predicted octanol–water partition coefficient (Wildman–Crippen LogP) is 2.59. The van der Waals surface area contributed by atoms with Crippen LogP contribution >= 0.6 is 0 Å². The lowest BCUT2D eigenvalue weighted by Crippen LogP contribution is -2.24. The van der Waals surface area contributed by atoms with Crippen LogP contribution < -0.4 is 4.74 Å². The van der Waals surface area contributed by atoms with Crippen molar-refractivity contribution >= 4 is 11.7 Å². The monoisotopic (exact) mass is 348 g/mol. The number of nitro benzene ring substituents is 1. The van der Waals surface area contributed by atoms with Crippen LogP contribution in [0.5, 0.6) is 5.75 Å². The summed E-state index contributed by atoms with van der Waals surface area (Å²) in [6.07, 6.45) is 1.60. The van der Waals surface area contributed by atoms with E-state index < -0.39 is 10.5 Å². The minimum absolute atomic E-state index is 0.0948. The molecule has 134 valence electrons. The second kappa shape index (κ2) is 7.29. The number of aryl methyl sites for hydroxylation is 1. The fourth-order valence-electron chi connectivity index (χ4n) is 2.18. The molecule has 0 unspecified atom stereocenters. The van der Waals surface area contributed by atoms with Gasteiger partial charge in [-0.2, -0.15) is 5.10 Å². The van der Waals surface area contributed by atoms with Crippen molar-refractivity contribution in [3.8, 4) is 17.1 Å². The zero-order valence-corrected chi connectivity index (χ0v) is 14.6. The van der Waals surface area contributed by atoms with Crippen LogP contribution in [0.25, 0.3) is 11.4 Å². The summed E-state index contributed by atoms with van der Waals surface area (Å²) in [6, 6.07) is 4.53. The maximum atomic E-state index is 11.8. The number of nitro groups is 1. The van der Waals surface area contributed by atoms with Gasteiger partial charge in [0.05, 0.1) is 30.6 Å². The zero-order valence-electron chi connectivity index (χ0n) is 14.6. The third-order valence-electron chi connectivity index (χ3n) is 3.14. The number of rotatable bonds is 6. The number of hydrogen-bond acceptors (Lipinski definition) is 7. The fourth-order valence-corrected chi connectivity index (χ4v) is 2.18. The van der Waals surface area contributed by atoms with Gasteiger partial charge in [0.1, 0.15) is 11.9 Å². The van der Waals surface area contributed by atoms with Gasteiger partial charge in [-0.15, -0.1) is 0 Å². The van der Waals surface area contributed by atoms with E-state index in [4.69, 9.17) is 9.47 Å². The average Bonchev–Trinajstić information content (AvgIpc) is 2.99. The van der Waals surface area contributed by atoms with Crippen LogP contribution in [-0.4, -0.2) is 38.4 Å². The van der Waals surface area contributed by atoms with Crippen LogP contribution in [0.4, 0.5) is 5.69 Å². The Morgan fingerprint density at radius 3 is 2.68 bits per heavy atom. The minimum Gasteiger partial charge on any atom is -0.490 e. The quantitative estimate of drug-likeness (QED) is 0.448. The van der Waals surface area contributed by atoms with Crippen molar-refractivity contribution in [1.82, 2.24) is 14.8 Å². The number of hydrogen-bond donors (Lipinski definition) is 0. The number of carbonyl (C=O) groups excluding carboxylic acids is 1. The van der Waals surface area contributed by atoms with Crippen molar-refractivity contribution in [1.29, 1.82) is 0 Å². The first-order chi connectivity index (χ1) is 11.7. The number of ether oxygens (including phenoxy) is 2. The lowest BCUT2D eigenvalue weighted by atomic mass is 10.1. The summed E-state index contributed by atoms with van der Waals surface area (Å²) in [6.45, 7) is 5.69. The Kier molecular flexibility index (Phi) is 5.35. The molecule has 2 aromatic rings. The van der Waals surface area contributed by atoms with Crippen molar-refractivity contribution in [3.63, 3.8) is 0 Å². The van der Waals surface area contributed by atoms with Gasteiger partial charge >= 0.3 is 11.7 Å². The Labute approximate surface area is 144 Å². The van der Waals surface area contributed by atoms with Crippen LogP contribution in [0.15, 0.2) is 24.5 Å². The van der Waals surface area contributed by atoms with Crippen LogP contribution in [0, 0.1) is 10.1 Å². The molecule has 0 aliphatic rings. The van der Waals surface area contributed by atoms with Gasteiger partial charge in [0, 0.05) is 6.07 Å².